The lowest BCUT2D eigenvalue weighted by atomic mass is 10.1. The Hall–Kier alpha value is -2.12. The molecule has 0 bridgehead atoms. The fourth-order valence-corrected chi connectivity index (χ4v) is 1.68. The van der Waals surface area contributed by atoms with E-state index in [1.807, 2.05) is 6.92 Å². The minimum Gasteiger partial charge on any atom is -0.478 e. The highest BCUT2D eigenvalue weighted by Crippen LogP contribution is 2.21. The summed E-state index contributed by atoms with van der Waals surface area (Å²) in [7, 11) is 0. The number of carboxylic acid groups (broad SMARTS) is 1. The first kappa shape index (κ1) is 15.9. The third-order valence-corrected chi connectivity index (χ3v) is 2.45. The average molecular weight is 318 g/mol. The van der Waals surface area contributed by atoms with Crippen molar-refractivity contribution < 1.29 is 19.2 Å². The van der Waals surface area contributed by atoms with Gasteiger partial charge in [0.1, 0.15) is 16.6 Å². The van der Waals surface area contributed by atoms with Gasteiger partial charge < -0.3 is 15.4 Å². The minimum atomic E-state index is -1.34. The number of halogens is 2. The Morgan fingerprint density at radius 2 is 2.05 bits per heavy atom. The highest BCUT2D eigenvalue weighted by Gasteiger charge is 2.20. The van der Waals surface area contributed by atoms with Gasteiger partial charge in [-0.25, -0.2) is 9.78 Å². The zero-order valence-corrected chi connectivity index (χ0v) is 11.6. The molecule has 0 aliphatic carbocycles. The molecule has 7 nitrogen and oxygen atoms in total. The number of carbonyl (C=O) groups excluding carboxylic acids is 1. The molecule has 1 amide bonds. The highest BCUT2D eigenvalue weighted by molar-refractivity contribution is 6.35. The lowest BCUT2D eigenvalue weighted by Crippen LogP contribution is -2.17. The van der Waals surface area contributed by atoms with Gasteiger partial charge in [-0.1, -0.05) is 28.4 Å². The number of carbonyl (C=O) groups is 2. The Balaban J connectivity index is 0.000000276. The molecule has 0 saturated heterocycles. The second-order valence-corrected chi connectivity index (χ2v) is 4.21. The molecule has 0 aliphatic heterocycles. The van der Waals surface area contributed by atoms with Gasteiger partial charge >= 0.3 is 5.97 Å². The number of aromatic carboxylic acids is 1. The number of aryl methyl sites for hydroxylation is 1. The minimum absolute atomic E-state index is 0.114. The predicted octanol–water partition coefficient (Wildman–Crippen LogP) is 2.17. The zero-order chi connectivity index (χ0) is 15.3. The van der Waals surface area contributed by atoms with Crippen molar-refractivity contribution in [1.29, 1.82) is 0 Å². The van der Waals surface area contributed by atoms with Gasteiger partial charge in [0.15, 0.2) is 0 Å². The molecular formula is C11H9Cl2N3O4. The normalized spacial score (nSPS) is 9.55. The lowest BCUT2D eigenvalue weighted by molar-refractivity contribution is 0.0692. The van der Waals surface area contributed by atoms with Crippen LogP contribution in [0.1, 0.15) is 26.4 Å². The Labute approximate surface area is 123 Å². The maximum Gasteiger partial charge on any atom is 0.336 e. The van der Waals surface area contributed by atoms with Crippen LogP contribution in [-0.2, 0) is 0 Å². The summed E-state index contributed by atoms with van der Waals surface area (Å²) in [6.45, 7) is 1.88. The standard InChI is InChI=1S/C7H4Cl2N2O3.C4H5NO/c8-3-1-2(7(13)14)4(6(10)12)5(9)11-3;1-4-2-3-6-5-4/h1H,(H2,10,12)(H,13,14);2-3H,1H3. The number of aromatic nitrogens is 2. The van der Waals surface area contributed by atoms with Crippen molar-refractivity contribution in [2.75, 3.05) is 0 Å². The number of carboxylic acids is 1. The van der Waals surface area contributed by atoms with E-state index >= 15 is 0 Å². The summed E-state index contributed by atoms with van der Waals surface area (Å²) in [6.07, 6.45) is 1.55. The maximum absolute atomic E-state index is 10.8. The van der Waals surface area contributed by atoms with Gasteiger partial charge in [-0.15, -0.1) is 0 Å². The van der Waals surface area contributed by atoms with Gasteiger partial charge in [0, 0.05) is 6.07 Å². The van der Waals surface area contributed by atoms with Crippen LogP contribution in [-0.4, -0.2) is 27.1 Å². The van der Waals surface area contributed by atoms with E-state index in [0.717, 1.165) is 11.8 Å². The largest absolute Gasteiger partial charge is 0.478 e. The second kappa shape index (κ2) is 6.88. The summed E-state index contributed by atoms with van der Waals surface area (Å²) in [4.78, 5) is 25.0. The topological polar surface area (TPSA) is 119 Å². The van der Waals surface area contributed by atoms with E-state index in [4.69, 9.17) is 34.0 Å². The summed E-state index contributed by atoms with van der Waals surface area (Å²) in [6, 6.07) is 2.82. The van der Waals surface area contributed by atoms with E-state index in [1.54, 1.807) is 12.3 Å². The van der Waals surface area contributed by atoms with Crippen LogP contribution in [0.25, 0.3) is 0 Å². The van der Waals surface area contributed by atoms with Crippen LogP contribution in [0.15, 0.2) is 22.9 Å². The third-order valence-electron chi connectivity index (χ3n) is 1.99. The quantitative estimate of drug-likeness (QED) is 0.819. The van der Waals surface area contributed by atoms with Crippen molar-refractivity contribution in [2.45, 2.75) is 6.92 Å². The molecule has 20 heavy (non-hydrogen) atoms. The summed E-state index contributed by atoms with van der Waals surface area (Å²) in [5.74, 6) is -2.30. The van der Waals surface area contributed by atoms with Gasteiger partial charge in [0.05, 0.1) is 16.8 Å². The fourth-order valence-electron chi connectivity index (χ4n) is 1.16. The number of rotatable bonds is 2. The Morgan fingerprint density at radius 3 is 2.40 bits per heavy atom. The molecule has 2 aromatic heterocycles. The summed E-state index contributed by atoms with van der Waals surface area (Å²) >= 11 is 11.0. The van der Waals surface area contributed by atoms with E-state index in [9.17, 15) is 9.59 Å². The Kier molecular flexibility index (Phi) is 5.48. The number of nitrogens with two attached hydrogens (primary N) is 1. The lowest BCUT2D eigenvalue weighted by Gasteiger charge is -2.03. The monoisotopic (exact) mass is 317 g/mol. The maximum atomic E-state index is 10.8. The number of nitrogens with zero attached hydrogens (tertiary/aromatic N) is 2. The number of amides is 1. The summed E-state index contributed by atoms with van der Waals surface area (Å²) in [5, 5.41) is 11.8. The van der Waals surface area contributed by atoms with Gasteiger partial charge in [-0.3, -0.25) is 4.79 Å². The molecule has 2 heterocycles. The van der Waals surface area contributed by atoms with Crippen LogP contribution < -0.4 is 5.73 Å². The van der Waals surface area contributed by atoms with E-state index in [2.05, 4.69) is 14.7 Å². The van der Waals surface area contributed by atoms with Gasteiger partial charge in [0.2, 0.25) is 0 Å². The van der Waals surface area contributed by atoms with Crippen LogP contribution in [0.2, 0.25) is 10.3 Å². The Bertz CT molecular complexity index is 629. The van der Waals surface area contributed by atoms with Crippen LogP contribution >= 0.6 is 23.2 Å². The van der Waals surface area contributed by atoms with Crippen molar-refractivity contribution in [2.24, 2.45) is 5.73 Å². The smallest absolute Gasteiger partial charge is 0.336 e. The molecule has 0 atom stereocenters. The molecule has 0 unspecified atom stereocenters. The number of hydrogen-bond donors (Lipinski definition) is 2. The van der Waals surface area contributed by atoms with E-state index in [-0.39, 0.29) is 21.4 Å². The first-order valence-electron chi connectivity index (χ1n) is 5.09. The van der Waals surface area contributed by atoms with Crippen molar-refractivity contribution in [3.05, 3.63) is 45.5 Å². The molecule has 0 saturated carbocycles. The highest BCUT2D eigenvalue weighted by atomic mass is 35.5. The van der Waals surface area contributed by atoms with Crippen LogP contribution in [0, 0.1) is 6.92 Å². The fraction of sp³-hybridized carbons (Fsp3) is 0.0909. The van der Waals surface area contributed by atoms with Gasteiger partial charge in [0.25, 0.3) is 5.91 Å². The van der Waals surface area contributed by atoms with E-state index in [0.29, 0.717) is 0 Å². The second-order valence-electron chi connectivity index (χ2n) is 3.47. The van der Waals surface area contributed by atoms with E-state index < -0.39 is 11.9 Å². The molecule has 9 heteroatoms. The predicted molar refractivity (Wildman–Crippen MR) is 71.0 cm³/mol. The van der Waals surface area contributed by atoms with Crippen molar-refractivity contribution in [3.8, 4) is 0 Å². The summed E-state index contributed by atoms with van der Waals surface area (Å²) < 4.78 is 4.46. The van der Waals surface area contributed by atoms with Crippen molar-refractivity contribution in [3.63, 3.8) is 0 Å². The molecule has 106 valence electrons. The molecule has 0 radical (unpaired) electrons. The number of primary amides is 1. The first-order valence-corrected chi connectivity index (χ1v) is 5.84. The van der Waals surface area contributed by atoms with Crippen molar-refractivity contribution in [1.82, 2.24) is 10.1 Å². The molecule has 2 aromatic rings. The van der Waals surface area contributed by atoms with Gasteiger partial charge in [-0.2, -0.15) is 0 Å². The molecule has 0 fully saturated rings. The molecular weight excluding hydrogens is 309 g/mol. The van der Waals surface area contributed by atoms with Crippen LogP contribution in [0.5, 0.6) is 0 Å². The number of pyridine rings is 1. The molecule has 3 N–H and O–H groups in total. The average Bonchev–Trinajstić information content (AvgIpc) is 2.79. The Morgan fingerprint density at radius 1 is 1.40 bits per heavy atom. The van der Waals surface area contributed by atoms with E-state index in [1.165, 1.54) is 0 Å². The molecule has 0 aromatic carbocycles. The summed E-state index contributed by atoms with van der Waals surface area (Å²) in [5.41, 5.74) is 5.16. The molecule has 0 spiro atoms. The van der Waals surface area contributed by atoms with Crippen LogP contribution in [0.4, 0.5) is 0 Å². The number of hydrogen-bond acceptors (Lipinski definition) is 5. The molecule has 2 rings (SSSR count). The first-order chi connectivity index (χ1) is 9.32. The van der Waals surface area contributed by atoms with Gasteiger partial charge in [-0.05, 0) is 13.0 Å². The third kappa shape index (κ3) is 4.22. The molecule has 0 aliphatic rings. The van der Waals surface area contributed by atoms with Crippen LogP contribution in [0.3, 0.4) is 0 Å². The zero-order valence-electron chi connectivity index (χ0n) is 10.1. The SMILES string of the molecule is Cc1ccon1.NC(=O)c1c(C(=O)O)cc(Cl)nc1Cl. The van der Waals surface area contributed by atoms with Crippen molar-refractivity contribution >= 4 is 35.1 Å².